The molecule has 0 bridgehead atoms. The van der Waals surface area contributed by atoms with Gasteiger partial charge in [0.25, 0.3) is 0 Å². The smallest absolute Gasteiger partial charge is 0.494 e. The molecule has 4 heteroatoms. The van der Waals surface area contributed by atoms with Gasteiger partial charge in [0.1, 0.15) is 11.5 Å². The summed E-state index contributed by atoms with van der Waals surface area (Å²) in [6.45, 7) is 2.84. The first-order valence-corrected chi connectivity index (χ1v) is 5.84. The van der Waals surface area contributed by atoms with Crippen LogP contribution in [0, 0.1) is 0 Å². The first-order valence-electron chi connectivity index (χ1n) is 5.84. The van der Waals surface area contributed by atoms with Gasteiger partial charge in [-0.3, -0.25) is 0 Å². The maximum atomic E-state index is 10.2. The molecule has 0 amide bonds. The highest BCUT2D eigenvalue weighted by molar-refractivity contribution is 5.60. The molecular formula is C13H17O4. The van der Waals surface area contributed by atoms with Crippen LogP contribution in [-0.2, 0) is 5.11 Å². The molecule has 17 heavy (non-hydrogen) atoms. The number of rotatable bonds is 7. The Morgan fingerprint density at radius 2 is 1.71 bits per heavy atom. The fourth-order valence-corrected chi connectivity index (χ4v) is 1.42. The van der Waals surface area contributed by atoms with Crippen LogP contribution in [0.15, 0.2) is 24.3 Å². The first kappa shape index (κ1) is 13.4. The van der Waals surface area contributed by atoms with Gasteiger partial charge in [-0.2, -0.15) is 9.90 Å². The largest absolute Gasteiger partial charge is 0.555 e. The molecule has 1 radical (unpaired) electrons. The van der Waals surface area contributed by atoms with E-state index in [0.717, 1.165) is 6.42 Å². The predicted molar refractivity (Wildman–Crippen MR) is 62.8 cm³/mol. The van der Waals surface area contributed by atoms with Crippen LogP contribution in [0.5, 0.6) is 11.5 Å². The Kier molecular flexibility index (Phi) is 5.93. The summed E-state index contributed by atoms with van der Waals surface area (Å²) < 4.78 is 9.87. The minimum atomic E-state index is -1.56. The zero-order valence-corrected chi connectivity index (χ0v) is 9.98. The van der Waals surface area contributed by atoms with Crippen LogP contribution in [-0.4, -0.2) is 12.8 Å². The first-order chi connectivity index (χ1) is 8.22. The van der Waals surface area contributed by atoms with E-state index in [0.29, 0.717) is 12.4 Å². The van der Waals surface area contributed by atoms with Crippen molar-refractivity contribution in [2.45, 2.75) is 32.6 Å². The summed E-state index contributed by atoms with van der Waals surface area (Å²) in [5.74, 6) is 0.954. The zero-order valence-electron chi connectivity index (χ0n) is 9.98. The fraction of sp³-hybridized carbons (Fsp3) is 0.462. The molecule has 0 aliphatic heterocycles. The lowest BCUT2D eigenvalue weighted by molar-refractivity contribution is 0.117. The van der Waals surface area contributed by atoms with Gasteiger partial charge in [-0.15, -0.1) is 0 Å². The van der Waals surface area contributed by atoms with Gasteiger partial charge in [0.05, 0.1) is 6.61 Å². The number of ether oxygens (including phenoxy) is 2. The quantitative estimate of drug-likeness (QED) is 0.414. The highest BCUT2D eigenvalue weighted by Gasteiger charge is 2.02. The van der Waals surface area contributed by atoms with Crippen LogP contribution in [0.25, 0.3) is 0 Å². The van der Waals surface area contributed by atoms with Crippen molar-refractivity contribution in [1.82, 2.24) is 0 Å². The summed E-state index contributed by atoms with van der Waals surface area (Å²) >= 11 is 0. The van der Waals surface area contributed by atoms with Gasteiger partial charge in [0.2, 0.25) is 0 Å². The molecule has 93 valence electrons. The molecule has 0 N–H and O–H groups in total. The molecule has 0 unspecified atom stereocenters. The Morgan fingerprint density at radius 3 is 2.29 bits per heavy atom. The molecule has 0 fully saturated rings. The lowest BCUT2D eigenvalue weighted by Crippen LogP contribution is -2.01. The standard InChI is InChI=1S/C13H17O4/c1-2-3-4-5-10-16-11-6-8-12(9-7-11)17-13(14)15/h6-9H,2-5,10H2,1H3. The summed E-state index contributed by atoms with van der Waals surface area (Å²) in [5, 5.41) is 10.2. The van der Waals surface area contributed by atoms with Crippen molar-refractivity contribution in [2.24, 2.45) is 0 Å². The number of carbonyl (C=O) groups excluding carboxylic acids is 1. The average Bonchev–Trinajstić information content (AvgIpc) is 2.30. The number of unbranched alkanes of at least 4 members (excludes halogenated alkanes) is 3. The van der Waals surface area contributed by atoms with E-state index >= 15 is 0 Å². The second kappa shape index (κ2) is 7.54. The third-order valence-electron chi connectivity index (χ3n) is 2.29. The van der Waals surface area contributed by atoms with E-state index in [1.807, 2.05) is 0 Å². The van der Waals surface area contributed by atoms with Crippen LogP contribution in [0.2, 0.25) is 0 Å². The Hall–Kier alpha value is -1.71. The van der Waals surface area contributed by atoms with Crippen molar-refractivity contribution in [3.05, 3.63) is 24.3 Å². The molecule has 4 nitrogen and oxygen atoms in total. The minimum absolute atomic E-state index is 0.239. The van der Waals surface area contributed by atoms with Crippen molar-refractivity contribution in [1.29, 1.82) is 0 Å². The summed E-state index contributed by atoms with van der Waals surface area (Å²) in [4.78, 5) is 10.2. The van der Waals surface area contributed by atoms with Crippen LogP contribution in [0.4, 0.5) is 4.79 Å². The Bertz CT molecular complexity index is 332. The third-order valence-corrected chi connectivity index (χ3v) is 2.29. The summed E-state index contributed by atoms with van der Waals surface area (Å²) in [7, 11) is 0. The lowest BCUT2D eigenvalue weighted by Gasteiger charge is -2.06. The highest BCUT2D eigenvalue weighted by Crippen LogP contribution is 2.18. The van der Waals surface area contributed by atoms with Crippen LogP contribution in [0.1, 0.15) is 32.6 Å². The van der Waals surface area contributed by atoms with E-state index in [1.165, 1.54) is 31.4 Å². The SMILES string of the molecule is CCCCCCOc1ccc(OC([O])=O)cc1. The van der Waals surface area contributed by atoms with Crippen LogP contribution >= 0.6 is 0 Å². The monoisotopic (exact) mass is 237 g/mol. The number of benzene rings is 1. The molecule has 1 aromatic carbocycles. The molecule has 0 saturated carbocycles. The average molecular weight is 237 g/mol. The van der Waals surface area contributed by atoms with E-state index in [1.54, 1.807) is 12.1 Å². The van der Waals surface area contributed by atoms with Gasteiger partial charge >= 0.3 is 6.16 Å². The summed E-state index contributed by atoms with van der Waals surface area (Å²) in [5.41, 5.74) is 0. The van der Waals surface area contributed by atoms with Gasteiger partial charge in [0, 0.05) is 0 Å². The second-order valence-electron chi connectivity index (χ2n) is 3.73. The predicted octanol–water partition coefficient (Wildman–Crippen LogP) is 3.58. The van der Waals surface area contributed by atoms with Crippen LogP contribution in [0.3, 0.4) is 0 Å². The number of hydrogen-bond acceptors (Lipinski definition) is 3. The molecule has 0 heterocycles. The minimum Gasteiger partial charge on any atom is -0.494 e. The molecule has 1 rings (SSSR count). The lowest BCUT2D eigenvalue weighted by atomic mass is 10.2. The van der Waals surface area contributed by atoms with E-state index < -0.39 is 6.16 Å². The number of carbonyl (C=O) groups is 1. The Morgan fingerprint density at radius 1 is 1.06 bits per heavy atom. The molecule has 0 aliphatic carbocycles. The van der Waals surface area contributed by atoms with Gasteiger partial charge in [-0.1, -0.05) is 26.2 Å². The molecule has 0 atom stereocenters. The van der Waals surface area contributed by atoms with E-state index in [9.17, 15) is 9.90 Å². The summed E-state index contributed by atoms with van der Waals surface area (Å²) in [6, 6.07) is 6.44. The van der Waals surface area contributed by atoms with E-state index in [-0.39, 0.29) is 5.75 Å². The molecule has 1 aromatic rings. The maximum absolute atomic E-state index is 10.2. The van der Waals surface area contributed by atoms with Gasteiger partial charge in [0.15, 0.2) is 0 Å². The van der Waals surface area contributed by atoms with E-state index in [2.05, 4.69) is 11.7 Å². The van der Waals surface area contributed by atoms with Crippen molar-refractivity contribution < 1.29 is 19.4 Å². The third kappa shape index (κ3) is 5.80. The highest BCUT2D eigenvalue weighted by atomic mass is 16.7. The zero-order chi connectivity index (χ0) is 12.5. The normalized spacial score (nSPS) is 9.94. The molecule has 0 aromatic heterocycles. The van der Waals surface area contributed by atoms with Crippen molar-refractivity contribution in [2.75, 3.05) is 6.61 Å². The van der Waals surface area contributed by atoms with Crippen molar-refractivity contribution in [3.8, 4) is 11.5 Å². The van der Waals surface area contributed by atoms with Crippen LogP contribution < -0.4 is 9.47 Å². The Labute approximate surface area is 101 Å². The topological polar surface area (TPSA) is 55.4 Å². The maximum Gasteiger partial charge on any atom is 0.555 e. The number of hydrogen-bond donors (Lipinski definition) is 0. The molecule has 0 spiro atoms. The van der Waals surface area contributed by atoms with Gasteiger partial charge in [-0.05, 0) is 30.7 Å². The molecule has 0 saturated heterocycles. The van der Waals surface area contributed by atoms with E-state index in [4.69, 9.17) is 4.74 Å². The second-order valence-corrected chi connectivity index (χ2v) is 3.73. The Balaban J connectivity index is 2.28. The van der Waals surface area contributed by atoms with Crippen molar-refractivity contribution in [3.63, 3.8) is 0 Å². The fourth-order valence-electron chi connectivity index (χ4n) is 1.42. The summed E-state index contributed by atoms with van der Waals surface area (Å²) in [6.07, 6.45) is 3.07. The van der Waals surface area contributed by atoms with Crippen molar-refractivity contribution >= 4 is 6.16 Å². The molecular weight excluding hydrogens is 220 g/mol. The van der Waals surface area contributed by atoms with Gasteiger partial charge in [-0.25, -0.2) is 0 Å². The molecule has 0 aliphatic rings. The van der Waals surface area contributed by atoms with Gasteiger partial charge < -0.3 is 9.47 Å².